The van der Waals surface area contributed by atoms with Crippen LogP contribution >= 0.6 is 23.2 Å². The summed E-state index contributed by atoms with van der Waals surface area (Å²) in [6, 6.07) is 1.60. The van der Waals surface area contributed by atoms with Crippen LogP contribution in [0.1, 0.15) is 13.8 Å². The van der Waals surface area contributed by atoms with E-state index in [9.17, 15) is 0 Å². The van der Waals surface area contributed by atoms with Crippen molar-refractivity contribution < 1.29 is 4.74 Å². The van der Waals surface area contributed by atoms with Crippen molar-refractivity contribution in [2.75, 3.05) is 11.9 Å². The van der Waals surface area contributed by atoms with Crippen molar-refractivity contribution in [2.45, 2.75) is 20.4 Å². The Bertz CT molecular complexity index is 571. The summed E-state index contributed by atoms with van der Waals surface area (Å²) in [6.07, 6.45) is 3.39. The maximum Gasteiger partial charge on any atom is 0.240 e. The van der Waals surface area contributed by atoms with Crippen molar-refractivity contribution in [3.05, 3.63) is 28.5 Å². The van der Waals surface area contributed by atoms with Crippen LogP contribution in [0.2, 0.25) is 10.0 Å². The SMILES string of the molecule is CCNc1nc(Oc2cnn(CC)c2)c(Cl)cc1Cl. The molecule has 0 atom stereocenters. The highest BCUT2D eigenvalue weighted by molar-refractivity contribution is 6.36. The highest BCUT2D eigenvalue weighted by Gasteiger charge is 2.11. The van der Waals surface area contributed by atoms with Crippen LogP contribution in [0.25, 0.3) is 0 Å². The van der Waals surface area contributed by atoms with E-state index in [2.05, 4.69) is 15.4 Å². The van der Waals surface area contributed by atoms with E-state index in [-0.39, 0.29) is 0 Å². The molecule has 1 N–H and O–H groups in total. The summed E-state index contributed by atoms with van der Waals surface area (Å²) < 4.78 is 7.36. The largest absolute Gasteiger partial charge is 0.434 e. The lowest BCUT2D eigenvalue weighted by Crippen LogP contribution is -2.01. The summed E-state index contributed by atoms with van der Waals surface area (Å²) in [5, 5.41) is 7.98. The second kappa shape index (κ2) is 6.12. The van der Waals surface area contributed by atoms with Gasteiger partial charge in [0.1, 0.15) is 10.8 Å². The molecule has 5 nitrogen and oxygen atoms in total. The fraction of sp³-hybridized carbons (Fsp3) is 0.333. The fourth-order valence-electron chi connectivity index (χ4n) is 1.49. The van der Waals surface area contributed by atoms with Crippen molar-refractivity contribution in [2.24, 2.45) is 0 Å². The van der Waals surface area contributed by atoms with E-state index in [1.54, 1.807) is 23.1 Å². The van der Waals surface area contributed by atoms with E-state index in [0.29, 0.717) is 34.0 Å². The average Bonchev–Trinajstić information content (AvgIpc) is 2.83. The predicted molar refractivity (Wildman–Crippen MR) is 76.4 cm³/mol. The van der Waals surface area contributed by atoms with Gasteiger partial charge in [0.15, 0.2) is 5.75 Å². The van der Waals surface area contributed by atoms with E-state index in [1.165, 1.54) is 0 Å². The smallest absolute Gasteiger partial charge is 0.240 e. The van der Waals surface area contributed by atoms with Crippen LogP contribution in [0.3, 0.4) is 0 Å². The molecule has 0 aromatic carbocycles. The second-order valence-corrected chi connectivity index (χ2v) is 4.58. The summed E-state index contributed by atoms with van der Waals surface area (Å²) >= 11 is 12.1. The van der Waals surface area contributed by atoms with E-state index in [1.807, 2.05) is 13.8 Å². The lowest BCUT2D eigenvalue weighted by Gasteiger charge is -2.09. The molecule has 0 fully saturated rings. The molecule has 2 aromatic rings. The van der Waals surface area contributed by atoms with Crippen molar-refractivity contribution in [3.8, 4) is 11.6 Å². The Morgan fingerprint density at radius 1 is 1.32 bits per heavy atom. The van der Waals surface area contributed by atoms with Crippen LogP contribution in [0, 0.1) is 0 Å². The summed E-state index contributed by atoms with van der Waals surface area (Å²) in [5.41, 5.74) is 0. The summed E-state index contributed by atoms with van der Waals surface area (Å²) in [7, 11) is 0. The number of hydrogen-bond acceptors (Lipinski definition) is 4. The minimum absolute atomic E-state index is 0.303. The van der Waals surface area contributed by atoms with Gasteiger partial charge in [0, 0.05) is 13.1 Å². The van der Waals surface area contributed by atoms with Crippen LogP contribution in [-0.4, -0.2) is 21.3 Å². The highest BCUT2D eigenvalue weighted by Crippen LogP contribution is 2.33. The van der Waals surface area contributed by atoms with Gasteiger partial charge >= 0.3 is 0 Å². The van der Waals surface area contributed by atoms with Gasteiger partial charge in [-0.1, -0.05) is 23.2 Å². The number of aryl methyl sites for hydroxylation is 1. The van der Waals surface area contributed by atoms with Gasteiger partial charge in [0.05, 0.1) is 17.4 Å². The molecule has 0 aliphatic heterocycles. The van der Waals surface area contributed by atoms with Crippen molar-refractivity contribution in [1.29, 1.82) is 0 Å². The standard InChI is InChI=1S/C12H14Cl2N4O/c1-3-15-11-9(13)5-10(14)12(17-11)19-8-6-16-18(4-2)7-8/h5-7H,3-4H2,1-2H3,(H,15,17). The first-order valence-corrected chi connectivity index (χ1v) is 6.69. The lowest BCUT2D eigenvalue weighted by atomic mass is 10.4. The Morgan fingerprint density at radius 2 is 2.11 bits per heavy atom. The molecule has 0 radical (unpaired) electrons. The van der Waals surface area contributed by atoms with Gasteiger partial charge in [-0.3, -0.25) is 4.68 Å². The average molecular weight is 301 g/mol. The molecular formula is C12H14Cl2N4O. The van der Waals surface area contributed by atoms with E-state index in [4.69, 9.17) is 27.9 Å². The van der Waals surface area contributed by atoms with E-state index >= 15 is 0 Å². The number of hydrogen-bond donors (Lipinski definition) is 1. The zero-order chi connectivity index (χ0) is 13.8. The molecule has 0 unspecified atom stereocenters. The molecule has 2 heterocycles. The maximum atomic E-state index is 6.07. The monoisotopic (exact) mass is 300 g/mol. The molecule has 0 aliphatic rings. The van der Waals surface area contributed by atoms with Crippen LogP contribution in [0.15, 0.2) is 18.5 Å². The third-order valence-electron chi connectivity index (χ3n) is 2.39. The topological polar surface area (TPSA) is 52.0 Å². The number of nitrogens with one attached hydrogen (secondary N) is 1. The second-order valence-electron chi connectivity index (χ2n) is 3.77. The van der Waals surface area contributed by atoms with E-state index < -0.39 is 0 Å². The van der Waals surface area contributed by atoms with Crippen LogP contribution in [0.5, 0.6) is 11.6 Å². The molecule has 0 saturated heterocycles. The number of nitrogens with zero attached hydrogens (tertiary/aromatic N) is 3. The number of rotatable bonds is 5. The molecule has 7 heteroatoms. The molecular weight excluding hydrogens is 287 g/mol. The zero-order valence-corrected chi connectivity index (χ0v) is 12.2. The Kier molecular flexibility index (Phi) is 4.50. The zero-order valence-electron chi connectivity index (χ0n) is 10.7. The molecule has 0 amide bonds. The third-order valence-corrected chi connectivity index (χ3v) is 2.95. The first kappa shape index (κ1) is 14.0. The van der Waals surface area contributed by atoms with Crippen molar-refractivity contribution >= 4 is 29.0 Å². The normalized spacial score (nSPS) is 10.5. The Labute approximate surface area is 121 Å². The molecule has 19 heavy (non-hydrogen) atoms. The number of halogens is 2. The Balaban J connectivity index is 2.26. The van der Waals surface area contributed by atoms with Gasteiger partial charge in [0.25, 0.3) is 0 Å². The minimum atomic E-state index is 0.303. The molecule has 0 spiro atoms. The van der Waals surface area contributed by atoms with Gasteiger partial charge in [-0.15, -0.1) is 0 Å². The molecule has 0 saturated carbocycles. The summed E-state index contributed by atoms with van der Waals surface area (Å²) in [4.78, 5) is 4.26. The van der Waals surface area contributed by atoms with Gasteiger partial charge < -0.3 is 10.1 Å². The molecule has 102 valence electrons. The maximum absolute atomic E-state index is 6.07. The predicted octanol–water partition coefficient (Wildman–Crippen LogP) is 3.83. The molecule has 0 aliphatic carbocycles. The minimum Gasteiger partial charge on any atom is -0.434 e. The summed E-state index contributed by atoms with van der Waals surface area (Å²) in [5.74, 6) is 1.44. The first-order valence-electron chi connectivity index (χ1n) is 5.94. The van der Waals surface area contributed by atoms with Crippen LogP contribution < -0.4 is 10.1 Å². The quantitative estimate of drug-likeness (QED) is 0.912. The van der Waals surface area contributed by atoms with Crippen LogP contribution in [-0.2, 0) is 6.54 Å². The van der Waals surface area contributed by atoms with E-state index in [0.717, 1.165) is 6.54 Å². The fourth-order valence-corrected chi connectivity index (χ4v) is 1.96. The van der Waals surface area contributed by atoms with Crippen molar-refractivity contribution in [3.63, 3.8) is 0 Å². The number of aromatic nitrogens is 3. The van der Waals surface area contributed by atoms with Gasteiger partial charge in [-0.05, 0) is 19.9 Å². The van der Waals surface area contributed by atoms with Gasteiger partial charge in [0.2, 0.25) is 5.88 Å². The number of ether oxygens (including phenoxy) is 1. The lowest BCUT2D eigenvalue weighted by molar-refractivity contribution is 0.462. The van der Waals surface area contributed by atoms with Crippen LogP contribution in [0.4, 0.5) is 5.82 Å². The summed E-state index contributed by atoms with van der Waals surface area (Å²) in [6.45, 7) is 5.43. The first-order chi connectivity index (χ1) is 9.13. The molecule has 0 bridgehead atoms. The Hall–Kier alpha value is -1.46. The molecule has 2 aromatic heterocycles. The molecule has 2 rings (SSSR count). The van der Waals surface area contributed by atoms with Gasteiger partial charge in [-0.25, -0.2) is 0 Å². The van der Waals surface area contributed by atoms with Gasteiger partial charge in [-0.2, -0.15) is 10.1 Å². The number of pyridine rings is 1. The Morgan fingerprint density at radius 3 is 2.74 bits per heavy atom. The van der Waals surface area contributed by atoms with Crippen molar-refractivity contribution in [1.82, 2.24) is 14.8 Å². The number of anilines is 1. The third kappa shape index (κ3) is 3.30. The highest BCUT2D eigenvalue weighted by atomic mass is 35.5.